The van der Waals surface area contributed by atoms with Crippen molar-refractivity contribution in [1.82, 2.24) is 9.97 Å². The Bertz CT molecular complexity index is 603. The Kier molecular flexibility index (Phi) is 2.92. The van der Waals surface area contributed by atoms with E-state index in [1.165, 1.54) is 12.1 Å². The lowest BCUT2D eigenvalue weighted by Gasteiger charge is -2.10. The van der Waals surface area contributed by atoms with Gasteiger partial charge >= 0.3 is 0 Å². The molecule has 0 saturated heterocycles. The van der Waals surface area contributed by atoms with E-state index < -0.39 is 5.41 Å². The highest BCUT2D eigenvalue weighted by Crippen LogP contribution is 2.26. The predicted octanol–water partition coefficient (Wildman–Crippen LogP) is 3.33. The number of aromatic amines is 1. The Balaban J connectivity index is 2.48. The fourth-order valence-corrected chi connectivity index (χ4v) is 1.70. The Morgan fingerprint density at radius 1 is 1.28 bits per heavy atom. The van der Waals surface area contributed by atoms with Gasteiger partial charge in [-0.3, -0.25) is 0 Å². The Morgan fingerprint density at radius 3 is 2.44 bits per heavy atom. The molecular formula is C14H14FN3. The largest absolute Gasteiger partial charge is 0.344 e. The first-order valence-electron chi connectivity index (χ1n) is 5.68. The molecule has 0 fully saturated rings. The van der Waals surface area contributed by atoms with Crippen molar-refractivity contribution in [1.29, 1.82) is 5.26 Å². The van der Waals surface area contributed by atoms with Gasteiger partial charge < -0.3 is 4.98 Å². The van der Waals surface area contributed by atoms with Gasteiger partial charge in [0, 0.05) is 11.3 Å². The molecule has 0 bridgehead atoms. The summed E-state index contributed by atoms with van der Waals surface area (Å²) in [5, 5.41) is 9.09. The highest BCUT2D eigenvalue weighted by Gasteiger charge is 2.25. The standard InChI is InChI=1S/C14H14FN3/c1-9-12(10-4-6-11(15)7-5-10)18-13(17-9)14(2,3)8-16/h4-7H,1-3H3,(H,17,18). The number of hydrogen-bond donors (Lipinski definition) is 1. The normalized spacial score (nSPS) is 11.3. The molecule has 0 saturated carbocycles. The molecule has 0 aliphatic carbocycles. The lowest BCUT2D eigenvalue weighted by atomic mass is 9.95. The molecule has 0 spiro atoms. The summed E-state index contributed by atoms with van der Waals surface area (Å²) in [5.41, 5.74) is 1.81. The quantitative estimate of drug-likeness (QED) is 0.879. The zero-order chi connectivity index (χ0) is 13.3. The number of aromatic nitrogens is 2. The van der Waals surface area contributed by atoms with Gasteiger partial charge in [-0.1, -0.05) is 0 Å². The van der Waals surface area contributed by atoms with Gasteiger partial charge in [0.2, 0.25) is 0 Å². The summed E-state index contributed by atoms with van der Waals surface area (Å²) in [6.07, 6.45) is 0. The Hall–Kier alpha value is -2.15. The molecular weight excluding hydrogens is 229 g/mol. The summed E-state index contributed by atoms with van der Waals surface area (Å²) in [7, 11) is 0. The predicted molar refractivity (Wildman–Crippen MR) is 67.4 cm³/mol. The minimum Gasteiger partial charge on any atom is -0.344 e. The highest BCUT2D eigenvalue weighted by atomic mass is 19.1. The Morgan fingerprint density at radius 2 is 1.89 bits per heavy atom. The van der Waals surface area contributed by atoms with E-state index in [4.69, 9.17) is 5.26 Å². The van der Waals surface area contributed by atoms with Crippen LogP contribution < -0.4 is 0 Å². The molecule has 1 N–H and O–H groups in total. The van der Waals surface area contributed by atoms with E-state index >= 15 is 0 Å². The van der Waals surface area contributed by atoms with Gasteiger partial charge in [0.15, 0.2) is 0 Å². The maximum absolute atomic E-state index is 12.9. The monoisotopic (exact) mass is 243 g/mol. The number of hydrogen-bond acceptors (Lipinski definition) is 2. The van der Waals surface area contributed by atoms with Crippen LogP contribution in [0.3, 0.4) is 0 Å². The number of benzene rings is 1. The molecule has 3 nitrogen and oxygen atoms in total. The molecule has 4 heteroatoms. The summed E-state index contributed by atoms with van der Waals surface area (Å²) in [4.78, 5) is 7.57. The van der Waals surface area contributed by atoms with E-state index in [1.807, 2.05) is 6.92 Å². The summed E-state index contributed by atoms with van der Waals surface area (Å²) in [6, 6.07) is 8.37. The molecule has 1 heterocycles. The van der Waals surface area contributed by atoms with Crippen LogP contribution in [0, 0.1) is 24.1 Å². The first-order chi connectivity index (χ1) is 8.44. The van der Waals surface area contributed by atoms with E-state index in [1.54, 1.807) is 26.0 Å². The van der Waals surface area contributed by atoms with Crippen LogP contribution in [-0.4, -0.2) is 9.97 Å². The van der Waals surface area contributed by atoms with Crippen LogP contribution in [0.5, 0.6) is 0 Å². The molecule has 1 aromatic heterocycles. The maximum atomic E-state index is 12.9. The number of halogens is 1. The van der Waals surface area contributed by atoms with Gasteiger partial charge in [0.1, 0.15) is 17.1 Å². The fraction of sp³-hybridized carbons (Fsp3) is 0.286. The van der Waals surface area contributed by atoms with Crippen molar-refractivity contribution < 1.29 is 4.39 Å². The molecule has 92 valence electrons. The van der Waals surface area contributed by atoms with Crippen molar-refractivity contribution in [2.75, 3.05) is 0 Å². The highest BCUT2D eigenvalue weighted by molar-refractivity contribution is 5.62. The van der Waals surface area contributed by atoms with Crippen LogP contribution in [0.4, 0.5) is 4.39 Å². The smallest absolute Gasteiger partial charge is 0.126 e. The third-order valence-corrected chi connectivity index (χ3v) is 2.87. The van der Waals surface area contributed by atoms with E-state index in [0.29, 0.717) is 5.82 Å². The van der Waals surface area contributed by atoms with Crippen LogP contribution in [0.2, 0.25) is 0 Å². The lowest BCUT2D eigenvalue weighted by Crippen LogP contribution is -2.15. The van der Waals surface area contributed by atoms with Gasteiger partial charge in [0.25, 0.3) is 0 Å². The van der Waals surface area contributed by atoms with Crippen LogP contribution in [-0.2, 0) is 5.41 Å². The molecule has 1 aromatic carbocycles. The van der Waals surface area contributed by atoms with Crippen LogP contribution in [0.15, 0.2) is 24.3 Å². The van der Waals surface area contributed by atoms with Crippen LogP contribution in [0.25, 0.3) is 11.3 Å². The number of nitriles is 1. The van der Waals surface area contributed by atoms with Crippen LogP contribution in [0.1, 0.15) is 25.4 Å². The minimum atomic E-state index is -0.664. The first-order valence-corrected chi connectivity index (χ1v) is 5.68. The summed E-state index contributed by atoms with van der Waals surface area (Å²) < 4.78 is 12.9. The third-order valence-electron chi connectivity index (χ3n) is 2.87. The zero-order valence-corrected chi connectivity index (χ0v) is 10.6. The van der Waals surface area contributed by atoms with Gasteiger partial charge in [-0.25, -0.2) is 9.37 Å². The molecule has 0 aliphatic heterocycles. The molecule has 0 aliphatic rings. The Labute approximate surface area is 105 Å². The molecule has 18 heavy (non-hydrogen) atoms. The second-order valence-electron chi connectivity index (χ2n) is 4.80. The summed E-state index contributed by atoms with van der Waals surface area (Å²) in [5.74, 6) is 0.353. The lowest BCUT2D eigenvalue weighted by molar-refractivity contribution is 0.628. The number of nitrogens with zero attached hydrogens (tertiary/aromatic N) is 2. The summed E-state index contributed by atoms with van der Waals surface area (Å²) >= 11 is 0. The second kappa shape index (κ2) is 4.26. The van der Waals surface area contributed by atoms with E-state index in [0.717, 1.165) is 17.0 Å². The average molecular weight is 243 g/mol. The molecule has 0 atom stereocenters. The third kappa shape index (κ3) is 2.12. The first kappa shape index (κ1) is 12.3. The van der Waals surface area contributed by atoms with Gasteiger partial charge in [0.05, 0.1) is 11.8 Å². The number of aryl methyl sites for hydroxylation is 1. The molecule has 0 amide bonds. The minimum absolute atomic E-state index is 0.274. The zero-order valence-electron chi connectivity index (χ0n) is 10.6. The molecule has 2 rings (SSSR count). The fourth-order valence-electron chi connectivity index (χ4n) is 1.70. The van der Waals surface area contributed by atoms with E-state index in [-0.39, 0.29) is 5.82 Å². The maximum Gasteiger partial charge on any atom is 0.126 e. The number of nitrogens with one attached hydrogen (secondary N) is 1. The van der Waals surface area contributed by atoms with Crippen molar-refractivity contribution in [3.05, 3.63) is 41.6 Å². The topological polar surface area (TPSA) is 52.5 Å². The number of rotatable bonds is 2. The van der Waals surface area contributed by atoms with Gasteiger partial charge in [-0.15, -0.1) is 0 Å². The van der Waals surface area contributed by atoms with Crippen molar-refractivity contribution in [3.8, 4) is 17.3 Å². The van der Waals surface area contributed by atoms with Crippen molar-refractivity contribution in [2.24, 2.45) is 0 Å². The molecule has 0 unspecified atom stereocenters. The van der Waals surface area contributed by atoms with Crippen molar-refractivity contribution in [2.45, 2.75) is 26.2 Å². The second-order valence-corrected chi connectivity index (χ2v) is 4.80. The van der Waals surface area contributed by atoms with Crippen LogP contribution >= 0.6 is 0 Å². The number of imidazole rings is 1. The van der Waals surface area contributed by atoms with Crippen molar-refractivity contribution in [3.63, 3.8) is 0 Å². The summed E-state index contributed by atoms with van der Waals surface area (Å²) in [6.45, 7) is 5.50. The molecule has 2 aromatic rings. The SMILES string of the molecule is Cc1[nH]c(C(C)(C)C#N)nc1-c1ccc(F)cc1. The van der Waals surface area contributed by atoms with Gasteiger partial charge in [-0.05, 0) is 45.0 Å². The molecule has 0 radical (unpaired) electrons. The van der Waals surface area contributed by atoms with E-state index in [9.17, 15) is 4.39 Å². The average Bonchev–Trinajstić information content (AvgIpc) is 2.73. The van der Waals surface area contributed by atoms with Gasteiger partial charge in [-0.2, -0.15) is 5.26 Å². The number of H-pyrrole nitrogens is 1. The van der Waals surface area contributed by atoms with Crippen molar-refractivity contribution >= 4 is 0 Å². The van der Waals surface area contributed by atoms with E-state index in [2.05, 4.69) is 16.0 Å².